The lowest BCUT2D eigenvalue weighted by molar-refractivity contribution is -0.0358. The number of benzene rings is 1. The van der Waals surface area contributed by atoms with Gasteiger partial charge in [0.1, 0.15) is 0 Å². The Labute approximate surface area is 152 Å². The highest BCUT2D eigenvalue weighted by Gasteiger charge is 2.53. The van der Waals surface area contributed by atoms with Gasteiger partial charge in [0, 0.05) is 31.9 Å². The lowest BCUT2D eigenvalue weighted by Crippen LogP contribution is -2.62. The summed E-state index contributed by atoms with van der Waals surface area (Å²) in [5, 5.41) is 9.04. The van der Waals surface area contributed by atoms with Gasteiger partial charge in [-0.05, 0) is 67.3 Å². The number of hydrogen-bond acceptors (Lipinski definition) is 3. The Hall–Kier alpha value is -1.53. The van der Waals surface area contributed by atoms with Crippen molar-refractivity contribution in [3.8, 4) is 6.07 Å². The van der Waals surface area contributed by atoms with Crippen molar-refractivity contribution in [2.24, 2.45) is 17.3 Å². The van der Waals surface area contributed by atoms with Crippen LogP contribution in [0, 0.1) is 28.6 Å². The minimum Gasteiger partial charge on any atom is -0.371 e. The maximum absolute atomic E-state index is 9.04. The molecule has 0 radical (unpaired) electrons. The Morgan fingerprint density at radius 3 is 2.24 bits per heavy atom. The molecular weight excluding hydrogens is 306 g/mol. The molecule has 2 unspecified atom stereocenters. The number of hydrogen-bond donors (Lipinski definition) is 0. The SMILES string of the molecule is CCCCN1CC2CN(c3ccc(C#N)cc3)CC(C1)C21CCCC1. The van der Waals surface area contributed by atoms with E-state index in [1.807, 2.05) is 12.1 Å². The van der Waals surface area contributed by atoms with E-state index in [4.69, 9.17) is 5.26 Å². The molecule has 3 heteroatoms. The van der Waals surface area contributed by atoms with E-state index in [0.29, 0.717) is 5.41 Å². The highest BCUT2D eigenvalue weighted by atomic mass is 15.2. The van der Waals surface area contributed by atoms with Gasteiger partial charge in [0.2, 0.25) is 0 Å². The van der Waals surface area contributed by atoms with Crippen LogP contribution in [0.1, 0.15) is 51.0 Å². The summed E-state index contributed by atoms with van der Waals surface area (Å²) < 4.78 is 0. The van der Waals surface area contributed by atoms with Crippen molar-refractivity contribution in [1.29, 1.82) is 5.26 Å². The molecule has 0 aromatic heterocycles. The minimum atomic E-state index is 0.631. The summed E-state index contributed by atoms with van der Waals surface area (Å²) in [6.07, 6.45) is 8.45. The molecule has 2 aliphatic heterocycles. The average molecular weight is 338 g/mol. The molecule has 3 fully saturated rings. The van der Waals surface area contributed by atoms with Crippen LogP contribution in [0.2, 0.25) is 0 Å². The van der Waals surface area contributed by atoms with Gasteiger partial charge in [-0.15, -0.1) is 0 Å². The van der Waals surface area contributed by atoms with Crippen molar-refractivity contribution >= 4 is 5.69 Å². The van der Waals surface area contributed by atoms with Crippen molar-refractivity contribution in [2.75, 3.05) is 37.6 Å². The molecular formula is C22H31N3. The Balaban J connectivity index is 1.54. The maximum atomic E-state index is 9.04. The molecule has 1 saturated carbocycles. The first-order chi connectivity index (χ1) is 12.2. The van der Waals surface area contributed by atoms with Gasteiger partial charge in [-0.2, -0.15) is 5.26 Å². The lowest BCUT2D eigenvalue weighted by atomic mass is 9.60. The van der Waals surface area contributed by atoms with E-state index >= 15 is 0 Å². The molecule has 1 aromatic rings. The second-order valence-electron chi connectivity index (χ2n) is 8.51. The Morgan fingerprint density at radius 1 is 1.04 bits per heavy atom. The Bertz CT molecular complexity index is 606. The van der Waals surface area contributed by atoms with Gasteiger partial charge < -0.3 is 9.80 Å². The van der Waals surface area contributed by atoms with E-state index in [0.717, 1.165) is 17.4 Å². The normalized spacial score (nSPS) is 28.2. The second-order valence-corrected chi connectivity index (χ2v) is 8.51. The van der Waals surface area contributed by atoms with Gasteiger partial charge in [-0.3, -0.25) is 0 Å². The maximum Gasteiger partial charge on any atom is 0.0991 e. The first-order valence-electron chi connectivity index (χ1n) is 10.2. The van der Waals surface area contributed by atoms with Gasteiger partial charge in [0.15, 0.2) is 0 Å². The van der Waals surface area contributed by atoms with Gasteiger partial charge in [-0.1, -0.05) is 26.2 Å². The largest absolute Gasteiger partial charge is 0.371 e. The van der Waals surface area contributed by atoms with Crippen molar-refractivity contribution in [3.63, 3.8) is 0 Å². The topological polar surface area (TPSA) is 30.3 Å². The zero-order chi connectivity index (χ0) is 17.3. The molecule has 2 bridgehead atoms. The molecule has 3 nitrogen and oxygen atoms in total. The number of nitrogens with zero attached hydrogens (tertiary/aromatic N) is 3. The smallest absolute Gasteiger partial charge is 0.0991 e. The molecule has 1 spiro atoms. The Kier molecular flexibility index (Phi) is 4.73. The molecule has 134 valence electrons. The number of likely N-dealkylation sites (tertiary alicyclic amines) is 1. The zero-order valence-corrected chi connectivity index (χ0v) is 15.6. The van der Waals surface area contributed by atoms with Crippen molar-refractivity contribution in [2.45, 2.75) is 45.4 Å². The molecule has 2 heterocycles. The predicted molar refractivity (Wildman–Crippen MR) is 103 cm³/mol. The van der Waals surface area contributed by atoms with Crippen LogP contribution in [-0.4, -0.2) is 37.6 Å². The molecule has 2 atom stereocenters. The third-order valence-electron chi connectivity index (χ3n) is 7.19. The van der Waals surface area contributed by atoms with E-state index in [-0.39, 0.29) is 0 Å². The van der Waals surface area contributed by atoms with Gasteiger partial charge in [-0.25, -0.2) is 0 Å². The predicted octanol–water partition coefficient (Wildman–Crippen LogP) is 4.29. The highest BCUT2D eigenvalue weighted by molar-refractivity contribution is 5.50. The first-order valence-corrected chi connectivity index (χ1v) is 10.2. The monoisotopic (exact) mass is 337 g/mol. The van der Waals surface area contributed by atoms with Crippen LogP contribution in [-0.2, 0) is 0 Å². The fraction of sp³-hybridized carbons (Fsp3) is 0.682. The third-order valence-corrected chi connectivity index (χ3v) is 7.19. The molecule has 0 amide bonds. The van der Waals surface area contributed by atoms with Crippen LogP contribution in [0.5, 0.6) is 0 Å². The van der Waals surface area contributed by atoms with Crippen LogP contribution >= 0.6 is 0 Å². The first kappa shape index (κ1) is 16.9. The lowest BCUT2D eigenvalue weighted by Gasteiger charge is -2.58. The van der Waals surface area contributed by atoms with Gasteiger partial charge >= 0.3 is 0 Å². The summed E-state index contributed by atoms with van der Waals surface area (Å²) in [5.74, 6) is 1.63. The summed E-state index contributed by atoms with van der Waals surface area (Å²) in [7, 11) is 0. The summed E-state index contributed by atoms with van der Waals surface area (Å²) in [4.78, 5) is 5.37. The molecule has 1 aromatic carbocycles. The Morgan fingerprint density at radius 2 is 1.68 bits per heavy atom. The van der Waals surface area contributed by atoms with Crippen LogP contribution < -0.4 is 4.90 Å². The zero-order valence-electron chi connectivity index (χ0n) is 15.6. The molecule has 25 heavy (non-hydrogen) atoms. The summed E-state index contributed by atoms with van der Waals surface area (Å²) in [6.45, 7) is 8.58. The van der Waals surface area contributed by atoms with Crippen LogP contribution in [0.25, 0.3) is 0 Å². The molecule has 4 rings (SSSR count). The number of piperidine rings is 2. The third kappa shape index (κ3) is 3.06. The summed E-state index contributed by atoms with van der Waals surface area (Å²) in [6, 6.07) is 10.5. The van der Waals surface area contributed by atoms with Crippen LogP contribution in [0.15, 0.2) is 24.3 Å². The standard InChI is InChI=1S/C22H31N3/c1-2-3-12-24-14-19-16-25(21-8-6-18(13-23)7-9-21)17-20(15-24)22(19)10-4-5-11-22/h6-9,19-20H,2-5,10-12,14-17H2,1H3. The quantitative estimate of drug-likeness (QED) is 0.821. The molecule has 1 aliphatic carbocycles. The molecule has 0 N–H and O–H groups in total. The molecule has 3 aliphatic rings. The average Bonchev–Trinajstić information content (AvgIpc) is 3.10. The number of unbranched alkanes of at least 4 members (excludes halogenated alkanes) is 1. The van der Waals surface area contributed by atoms with E-state index in [1.165, 1.54) is 76.9 Å². The minimum absolute atomic E-state index is 0.631. The number of rotatable bonds is 4. The summed E-state index contributed by atoms with van der Waals surface area (Å²) in [5.41, 5.74) is 2.70. The number of anilines is 1. The van der Waals surface area contributed by atoms with Crippen LogP contribution in [0.3, 0.4) is 0 Å². The molecule has 2 saturated heterocycles. The van der Waals surface area contributed by atoms with E-state index in [9.17, 15) is 0 Å². The second kappa shape index (κ2) is 7.00. The van der Waals surface area contributed by atoms with Gasteiger partial charge in [0.25, 0.3) is 0 Å². The fourth-order valence-corrected chi connectivity index (χ4v) is 5.85. The number of nitriles is 1. The van der Waals surface area contributed by atoms with Crippen molar-refractivity contribution < 1.29 is 0 Å². The van der Waals surface area contributed by atoms with E-state index in [1.54, 1.807) is 0 Å². The van der Waals surface area contributed by atoms with E-state index in [2.05, 4.69) is 34.9 Å². The van der Waals surface area contributed by atoms with Crippen LogP contribution in [0.4, 0.5) is 5.69 Å². The fourth-order valence-electron chi connectivity index (χ4n) is 5.85. The van der Waals surface area contributed by atoms with Crippen molar-refractivity contribution in [3.05, 3.63) is 29.8 Å². The van der Waals surface area contributed by atoms with Gasteiger partial charge in [0.05, 0.1) is 11.6 Å². The van der Waals surface area contributed by atoms with Crippen molar-refractivity contribution in [1.82, 2.24) is 4.90 Å². The summed E-state index contributed by atoms with van der Waals surface area (Å²) >= 11 is 0. The highest BCUT2D eigenvalue weighted by Crippen LogP contribution is 2.55. The van der Waals surface area contributed by atoms with E-state index < -0.39 is 0 Å².